The Balaban J connectivity index is 1.93. The van der Waals surface area contributed by atoms with Crippen LogP contribution < -0.4 is 10.9 Å². The highest BCUT2D eigenvalue weighted by atomic mass is 32.1. The van der Waals surface area contributed by atoms with Crippen molar-refractivity contribution in [2.75, 3.05) is 0 Å². The van der Waals surface area contributed by atoms with Crippen molar-refractivity contribution < 1.29 is 4.79 Å². The molecule has 5 heteroatoms. The van der Waals surface area contributed by atoms with Crippen LogP contribution in [-0.4, -0.2) is 10.9 Å². The molecule has 0 spiro atoms. The van der Waals surface area contributed by atoms with Crippen molar-refractivity contribution >= 4 is 17.2 Å². The molecule has 0 radical (unpaired) electrons. The predicted molar refractivity (Wildman–Crippen MR) is 96.6 cm³/mol. The molecule has 4 nitrogen and oxygen atoms in total. The molecule has 2 N–H and O–H groups in total. The van der Waals surface area contributed by atoms with Gasteiger partial charge in [-0.15, -0.1) is 11.3 Å². The lowest BCUT2D eigenvalue weighted by molar-refractivity contribution is 0.0942. The summed E-state index contributed by atoms with van der Waals surface area (Å²) >= 11 is 1.57. The highest BCUT2D eigenvalue weighted by Crippen LogP contribution is 2.26. The minimum atomic E-state index is -0.379. The van der Waals surface area contributed by atoms with E-state index in [0.717, 1.165) is 21.7 Å². The van der Waals surface area contributed by atoms with E-state index in [4.69, 9.17) is 0 Å². The van der Waals surface area contributed by atoms with Crippen LogP contribution >= 0.6 is 11.3 Å². The summed E-state index contributed by atoms with van der Waals surface area (Å²) in [4.78, 5) is 28.3. The Morgan fingerprint density at radius 3 is 2.46 bits per heavy atom. The van der Waals surface area contributed by atoms with Gasteiger partial charge in [-0.05, 0) is 43.0 Å². The number of benzene rings is 1. The normalized spacial score (nSPS) is 11.9. The van der Waals surface area contributed by atoms with Crippen LogP contribution in [-0.2, 0) is 0 Å². The average molecular weight is 338 g/mol. The maximum atomic E-state index is 12.6. The number of H-pyrrole nitrogens is 1. The zero-order valence-corrected chi connectivity index (χ0v) is 14.3. The topological polar surface area (TPSA) is 62.0 Å². The number of nitrogens with one attached hydrogen (secondary N) is 2. The molecule has 0 unspecified atom stereocenters. The minimum Gasteiger partial charge on any atom is -0.340 e. The van der Waals surface area contributed by atoms with Gasteiger partial charge in [0.1, 0.15) is 5.56 Å². The van der Waals surface area contributed by atoms with Gasteiger partial charge in [-0.3, -0.25) is 9.59 Å². The molecule has 2 aromatic heterocycles. The van der Waals surface area contributed by atoms with E-state index in [1.165, 1.54) is 0 Å². The van der Waals surface area contributed by atoms with Gasteiger partial charge in [0.25, 0.3) is 11.5 Å². The van der Waals surface area contributed by atoms with Crippen LogP contribution in [0.5, 0.6) is 0 Å². The van der Waals surface area contributed by atoms with Crippen molar-refractivity contribution in [3.63, 3.8) is 0 Å². The molecule has 0 saturated carbocycles. The second kappa shape index (κ2) is 6.84. The molecule has 3 aromatic rings. The Bertz CT molecular complexity index is 896. The van der Waals surface area contributed by atoms with E-state index in [-0.39, 0.29) is 23.1 Å². The molecule has 0 fully saturated rings. The lowest BCUT2D eigenvalue weighted by atomic mass is 10.0. The number of hydrogen-bond donors (Lipinski definition) is 2. The zero-order chi connectivity index (χ0) is 17.1. The lowest BCUT2D eigenvalue weighted by Gasteiger charge is -2.18. The zero-order valence-electron chi connectivity index (χ0n) is 13.5. The number of aromatic nitrogens is 1. The smallest absolute Gasteiger partial charge is 0.260 e. The molecule has 0 saturated heterocycles. The van der Waals surface area contributed by atoms with Crippen molar-refractivity contribution in [1.82, 2.24) is 10.3 Å². The number of thiophene rings is 1. The molecular formula is C19H18N2O2S. The summed E-state index contributed by atoms with van der Waals surface area (Å²) in [5.41, 5.74) is 2.62. The van der Waals surface area contributed by atoms with Crippen molar-refractivity contribution in [3.8, 4) is 0 Å². The van der Waals surface area contributed by atoms with Crippen LogP contribution in [0.2, 0.25) is 0 Å². The third-order valence-corrected chi connectivity index (χ3v) is 4.75. The molecule has 1 amide bonds. The summed E-state index contributed by atoms with van der Waals surface area (Å²) in [6, 6.07) is 15.0. The number of pyridine rings is 1. The van der Waals surface area contributed by atoms with E-state index in [9.17, 15) is 9.59 Å². The molecule has 0 bridgehead atoms. The molecule has 2 heterocycles. The van der Waals surface area contributed by atoms with E-state index in [2.05, 4.69) is 10.3 Å². The fourth-order valence-corrected chi connectivity index (χ4v) is 3.30. The Morgan fingerprint density at radius 1 is 1.08 bits per heavy atom. The Labute approximate surface area is 144 Å². The summed E-state index contributed by atoms with van der Waals surface area (Å²) in [7, 11) is 0. The predicted octanol–water partition coefficient (Wildman–Crippen LogP) is 3.57. The maximum Gasteiger partial charge on any atom is 0.260 e. The van der Waals surface area contributed by atoms with Crippen molar-refractivity contribution in [1.29, 1.82) is 0 Å². The van der Waals surface area contributed by atoms with Gasteiger partial charge in [-0.25, -0.2) is 0 Å². The molecule has 1 atom stereocenters. The lowest BCUT2D eigenvalue weighted by Crippen LogP contribution is -2.33. The summed E-state index contributed by atoms with van der Waals surface area (Å²) in [5.74, 6) is -0.379. The summed E-state index contributed by atoms with van der Waals surface area (Å²) in [6.45, 7) is 3.80. The number of carbonyl (C=O) groups is 1. The Kier molecular flexibility index (Phi) is 4.62. The van der Waals surface area contributed by atoms with Gasteiger partial charge >= 0.3 is 0 Å². The first-order chi connectivity index (χ1) is 11.5. The SMILES string of the molecule is Cc1ccc([C@H](NC(=O)c2ccc(C)[nH]c2=O)c2cccs2)cc1. The van der Waals surface area contributed by atoms with E-state index >= 15 is 0 Å². The van der Waals surface area contributed by atoms with Crippen molar-refractivity contribution in [3.05, 3.63) is 91.5 Å². The third-order valence-electron chi connectivity index (χ3n) is 3.81. The van der Waals surface area contributed by atoms with Gasteiger partial charge in [-0.2, -0.15) is 0 Å². The van der Waals surface area contributed by atoms with Crippen LogP contribution in [0.4, 0.5) is 0 Å². The number of amides is 1. The molecule has 24 heavy (non-hydrogen) atoms. The first-order valence-corrected chi connectivity index (χ1v) is 8.53. The number of rotatable bonds is 4. The van der Waals surface area contributed by atoms with E-state index in [1.807, 2.05) is 48.7 Å². The highest BCUT2D eigenvalue weighted by Gasteiger charge is 2.20. The van der Waals surface area contributed by atoms with Crippen LogP contribution in [0.1, 0.15) is 38.1 Å². The molecule has 0 aliphatic rings. The monoisotopic (exact) mass is 338 g/mol. The first kappa shape index (κ1) is 16.2. The van der Waals surface area contributed by atoms with Gasteiger partial charge in [0.15, 0.2) is 0 Å². The highest BCUT2D eigenvalue weighted by molar-refractivity contribution is 7.10. The number of aryl methyl sites for hydroxylation is 2. The van der Waals surface area contributed by atoms with Gasteiger partial charge in [0, 0.05) is 10.6 Å². The number of hydrogen-bond acceptors (Lipinski definition) is 3. The van der Waals surface area contributed by atoms with Gasteiger partial charge in [0.2, 0.25) is 0 Å². The molecular weight excluding hydrogens is 320 g/mol. The van der Waals surface area contributed by atoms with Gasteiger partial charge in [0.05, 0.1) is 6.04 Å². The molecule has 0 aliphatic carbocycles. The average Bonchev–Trinajstić information content (AvgIpc) is 3.07. The standard InChI is InChI=1S/C19H18N2O2S/c1-12-5-8-14(9-6-12)17(16-4-3-11-24-16)21-19(23)15-10-7-13(2)20-18(15)22/h3-11,17H,1-2H3,(H,20,22)(H,21,23)/t17-/m0/s1. The van der Waals surface area contributed by atoms with Crippen LogP contribution in [0.15, 0.2) is 58.7 Å². The fraction of sp³-hybridized carbons (Fsp3) is 0.158. The second-order valence-electron chi connectivity index (χ2n) is 5.72. The molecule has 0 aliphatic heterocycles. The summed E-state index contributed by atoms with van der Waals surface area (Å²) in [6.07, 6.45) is 0. The van der Waals surface area contributed by atoms with E-state index in [1.54, 1.807) is 30.4 Å². The van der Waals surface area contributed by atoms with Crippen LogP contribution in [0.25, 0.3) is 0 Å². The van der Waals surface area contributed by atoms with Gasteiger partial charge < -0.3 is 10.3 Å². The Hall–Kier alpha value is -2.66. The van der Waals surface area contributed by atoms with Crippen LogP contribution in [0, 0.1) is 13.8 Å². The maximum absolute atomic E-state index is 12.6. The largest absolute Gasteiger partial charge is 0.340 e. The van der Waals surface area contributed by atoms with Gasteiger partial charge in [-0.1, -0.05) is 35.9 Å². The second-order valence-corrected chi connectivity index (χ2v) is 6.70. The summed E-state index contributed by atoms with van der Waals surface area (Å²) < 4.78 is 0. The van der Waals surface area contributed by atoms with Crippen molar-refractivity contribution in [2.45, 2.75) is 19.9 Å². The number of carbonyl (C=O) groups excluding carboxylic acids is 1. The molecule has 3 rings (SSSR count). The van der Waals surface area contributed by atoms with Crippen molar-refractivity contribution in [2.24, 2.45) is 0 Å². The van der Waals surface area contributed by atoms with E-state index in [0.29, 0.717) is 0 Å². The first-order valence-electron chi connectivity index (χ1n) is 7.65. The van der Waals surface area contributed by atoms with Crippen LogP contribution in [0.3, 0.4) is 0 Å². The Morgan fingerprint density at radius 2 is 1.83 bits per heavy atom. The van der Waals surface area contributed by atoms with E-state index < -0.39 is 0 Å². The quantitative estimate of drug-likeness (QED) is 0.764. The third kappa shape index (κ3) is 3.46. The summed E-state index contributed by atoms with van der Waals surface area (Å²) in [5, 5.41) is 4.96. The fourth-order valence-electron chi connectivity index (χ4n) is 2.49. The minimum absolute atomic E-state index is 0.120. The number of aromatic amines is 1. The molecule has 1 aromatic carbocycles. The molecule has 122 valence electrons.